The van der Waals surface area contributed by atoms with Crippen LogP contribution in [-0.2, 0) is 0 Å². The smallest absolute Gasteiger partial charge is 0.429 e. The van der Waals surface area contributed by atoms with Crippen LogP contribution in [0, 0.1) is 0 Å². The molecule has 2 aromatic carbocycles. The molecular weight excluding hydrogens is 411 g/mol. The van der Waals surface area contributed by atoms with Crippen molar-refractivity contribution in [3.05, 3.63) is 70.7 Å². The predicted molar refractivity (Wildman–Crippen MR) is 95.4 cm³/mol. The van der Waals surface area contributed by atoms with Crippen LogP contribution >= 0.6 is 15.9 Å². The van der Waals surface area contributed by atoms with E-state index in [0.717, 1.165) is 0 Å². The van der Waals surface area contributed by atoms with Crippen molar-refractivity contribution in [1.82, 2.24) is 9.97 Å². The molecular formula is C18H13BrF3N3O. The van der Waals surface area contributed by atoms with Crippen molar-refractivity contribution in [2.75, 3.05) is 5.73 Å². The van der Waals surface area contributed by atoms with Gasteiger partial charge >= 0.3 is 6.18 Å². The van der Waals surface area contributed by atoms with E-state index in [1.54, 1.807) is 24.3 Å². The molecule has 0 spiro atoms. The Morgan fingerprint density at radius 2 is 1.62 bits per heavy atom. The molecule has 0 aliphatic rings. The third-order valence-corrected chi connectivity index (χ3v) is 4.03. The van der Waals surface area contributed by atoms with Crippen molar-refractivity contribution < 1.29 is 17.9 Å². The van der Waals surface area contributed by atoms with Crippen LogP contribution in [0.25, 0.3) is 11.3 Å². The van der Waals surface area contributed by atoms with Gasteiger partial charge in [-0.05, 0) is 12.1 Å². The third kappa shape index (κ3) is 4.32. The van der Waals surface area contributed by atoms with Gasteiger partial charge in [0, 0.05) is 21.7 Å². The molecule has 0 fully saturated rings. The molecule has 0 unspecified atom stereocenters. The minimum absolute atomic E-state index is 0.0425. The fourth-order valence-electron chi connectivity index (χ4n) is 2.34. The van der Waals surface area contributed by atoms with E-state index in [0.29, 0.717) is 15.7 Å². The van der Waals surface area contributed by atoms with Crippen LogP contribution in [0.5, 0.6) is 5.88 Å². The minimum atomic E-state index is -4.62. The molecule has 1 aromatic heterocycles. The molecule has 3 aromatic rings. The average molecular weight is 424 g/mol. The quantitative estimate of drug-likeness (QED) is 0.628. The highest BCUT2D eigenvalue weighted by atomic mass is 79.9. The maximum Gasteiger partial charge on any atom is 0.429 e. The first kappa shape index (κ1) is 18.2. The molecule has 2 N–H and O–H groups in total. The number of nitrogens with two attached hydrogens (primary N) is 1. The number of nitrogen functional groups attached to an aromatic ring is 1. The van der Waals surface area contributed by atoms with E-state index in [2.05, 4.69) is 25.9 Å². The normalized spacial score (nSPS) is 12.6. The Morgan fingerprint density at radius 1 is 0.962 bits per heavy atom. The van der Waals surface area contributed by atoms with Crippen LogP contribution in [0.15, 0.2) is 65.1 Å². The summed E-state index contributed by atoms with van der Waals surface area (Å²) in [6, 6.07) is 16.0. The Balaban J connectivity index is 1.97. The molecule has 0 aliphatic carbocycles. The Labute approximate surface area is 156 Å². The van der Waals surface area contributed by atoms with Gasteiger partial charge in [0.1, 0.15) is 0 Å². The number of hydrogen-bond acceptors (Lipinski definition) is 4. The zero-order valence-electron chi connectivity index (χ0n) is 13.2. The predicted octanol–water partition coefficient (Wildman–Crippen LogP) is 5.17. The Bertz CT molecular complexity index is 886. The summed E-state index contributed by atoms with van der Waals surface area (Å²) in [6.07, 6.45) is -6.80. The number of benzene rings is 2. The molecule has 0 bridgehead atoms. The molecule has 134 valence electrons. The zero-order valence-corrected chi connectivity index (χ0v) is 14.8. The van der Waals surface area contributed by atoms with Crippen LogP contribution in [0.4, 0.5) is 19.1 Å². The summed E-state index contributed by atoms with van der Waals surface area (Å²) in [5.74, 6) is -0.417. The highest BCUT2D eigenvalue weighted by molar-refractivity contribution is 9.10. The summed E-state index contributed by atoms with van der Waals surface area (Å²) < 4.78 is 46.4. The molecule has 4 nitrogen and oxygen atoms in total. The highest BCUT2D eigenvalue weighted by Crippen LogP contribution is 2.37. The lowest BCUT2D eigenvalue weighted by Gasteiger charge is -2.22. The molecule has 0 saturated carbocycles. The van der Waals surface area contributed by atoms with Gasteiger partial charge in [0.2, 0.25) is 17.9 Å². The van der Waals surface area contributed by atoms with Gasteiger partial charge in [-0.1, -0.05) is 58.4 Å². The zero-order chi connectivity index (χ0) is 18.7. The Hall–Kier alpha value is -2.61. The van der Waals surface area contributed by atoms with Crippen LogP contribution in [0.2, 0.25) is 0 Å². The highest BCUT2D eigenvalue weighted by Gasteiger charge is 2.43. The van der Waals surface area contributed by atoms with Gasteiger partial charge in [-0.2, -0.15) is 18.2 Å². The topological polar surface area (TPSA) is 61.0 Å². The van der Waals surface area contributed by atoms with Crippen LogP contribution in [-0.4, -0.2) is 16.1 Å². The van der Waals surface area contributed by atoms with Gasteiger partial charge in [-0.15, -0.1) is 0 Å². The number of ether oxygens (including phenoxy) is 1. The van der Waals surface area contributed by atoms with E-state index >= 15 is 0 Å². The molecule has 26 heavy (non-hydrogen) atoms. The number of halogens is 4. The molecule has 0 amide bonds. The molecule has 1 atom stereocenters. The number of aromatic nitrogens is 2. The number of nitrogens with zero attached hydrogens (tertiary/aromatic N) is 2. The lowest BCUT2D eigenvalue weighted by molar-refractivity contribution is -0.198. The number of rotatable bonds is 4. The molecule has 0 saturated heterocycles. The summed E-state index contributed by atoms with van der Waals surface area (Å²) in [4.78, 5) is 7.85. The SMILES string of the molecule is Nc1nc(O[C@@H](c2ccc(Br)cc2)C(F)(F)F)cc(-c2ccccc2)n1. The van der Waals surface area contributed by atoms with Crippen LogP contribution in [0.1, 0.15) is 11.7 Å². The van der Waals surface area contributed by atoms with Crippen molar-refractivity contribution in [2.45, 2.75) is 12.3 Å². The van der Waals surface area contributed by atoms with Gasteiger partial charge in [-0.3, -0.25) is 0 Å². The third-order valence-electron chi connectivity index (χ3n) is 3.50. The van der Waals surface area contributed by atoms with Gasteiger partial charge in [0.05, 0.1) is 5.69 Å². The number of hydrogen-bond donors (Lipinski definition) is 1. The summed E-state index contributed by atoms with van der Waals surface area (Å²) in [7, 11) is 0. The summed E-state index contributed by atoms with van der Waals surface area (Å²) in [5.41, 5.74) is 6.68. The van der Waals surface area contributed by atoms with Crippen molar-refractivity contribution in [2.24, 2.45) is 0 Å². The summed E-state index contributed by atoms with van der Waals surface area (Å²) in [5, 5.41) is 0. The van der Waals surface area contributed by atoms with Gasteiger partial charge < -0.3 is 10.5 Å². The molecule has 8 heteroatoms. The fraction of sp³-hybridized carbons (Fsp3) is 0.111. The lowest BCUT2D eigenvalue weighted by Crippen LogP contribution is -2.26. The van der Waals surface area contributed by atoms with E-state index in [4.69, 9.17) is 10.5 Å². The van der Waals surface area contributed by atoms with Crippen molar-refractivity contribution >= 4 is 21.9 Å². The van der Waals surface area contributed by atoms with Gasteiger partial charge in [0.15, 0.2) is 0 Å². The first-order valence-electron chi connectivity index (χ1n) is 7.52. The van der Waals surface area contributed by atoms with E-state index in [-0.39, 0.29) is 17.4 Å². The first-order chi connectivity index (χ1) is 12.3. The average Bonchev–Trinajstić information content (AvgIpc) is 2.60. The molecule has 1 heterocycles. The van der Waals surface area contributed by atoms with Crippen LogP contribution < -0.4 is 10.5 Å². The summed E-state index contributed by atoms with van der Waals surface area (Å²) in [6.45, 7) is 0. The second-order valence-corrected chi connectivity index (χ2v) is 6.32. The number of anilines is 1. The van der Waals surface area contributed by atoms with Crippen molar-refractivity contribution in [3.63, 3.8) is 0 Å². The molecule has 3 rings (SSSR count). The van der Waals surface area contributed by atoms with Gasteiger partial charge in [-0.25, -0.2) is 4.98 Å². The lowest BCUT2D eigenvalue weighted by atomic mass is 10.1. The monoisotopic (exact) mass is 423 g/mol. The Kier molecular flexibility index (Phi) is 5.13. The van der Waals surface area contributed by atoms with Crippen molar-refractivity contribution in [3.8, 4) is 17.1 Å². The van der Waals surface area contributed by atoms with Gasteiger partial charge in [0.25, 0.3) is 0 Å². The Morgan fingerprint density at radius 3 is 2.23 bits per heavy atom. The summed E-state index contributed by atoms with van der Waals surface area (Å²) >= 11 is 3.20. The number of alkyl halides is 3. The first-order valence-corrected chi connectivity index (χ1v) is 8.31. The maximum absolute atomic E-state index is 13.5. The molecule has 0 aliphatic heterocycles. The van der Waals surface area contributed by atoms with E-state index in [9.17, 15) is 13.2 Å². The molecule has 0 radical (unpaired) electrons. The largest absolute Gasteiger partial charge is 0.460 e. The van der Waals surface area contributed by atoms with E-state index < -0.39 is 12.3 Å². The second kappa shape index (κ2) is 7.33. The fourth-order valence-corrected chi connectivity index (χ4v) is 2.61. The van der Waals surface area contributed by atoms with E-state index in [1.165, 1.54) is 30.3 Å². The second-order valence-electron chi connectivity index (χ2n) is 5.41. The van der Waals surface area contributed by atoms with E-state index in [1.807, 2.05) is 6.07 Å². The van der Waals surface area contributed by atoms with Crippen LogP contribution in [0.3, 0.4) is 0 Å². The maximum atomic E-state index is 13.5. The standard InChI is InChI=1S/C18H13BrF3N3O/c19-13-8-6-12(7-9-13)16(18(20,21)22)26-15-10-14(24-17(23)25-15)11-4-2-1-3-5-11/h1-10,16H,(H2,23,24,25)/t16-/m0/s1. The van der Waals surface area contributed by atoms with Crippen molar-refractivity contribution in [1.29, 1.82) is 0 Å². The minimum Gasteiger partial charge on any atom is -0.460 e.